The third kappa shape index (κ3) is 1.28. The quantitative estimate of drug-likeness (QED) is 0.722. The maximum atomic E-state index is 10.9. The van der Waals surface area contributed by atoms with Gasteiger partial charge < -0.3 is 14.7 Å². The molecular weight excluding hydrogens is 182 g/mol. The van der Waals surface area contributed by atoms with E-state index in [0.717, 1.165) is 11.4 Å². The summed E-state index contributed by atoms with van der Waals surface area (Å²) in [6.45, 7) is 0.197. The Balaban J connectivity index is 2.36. The van der Waals surface area contributed by atoms with Crippen LogP contribution in [0.3, 0.4) is 0 Å². The van der Waals surface area contributed by atoms with Gasteiger partial charge in [-0.05, 0) is 12.1 Å². The molecule has 14 heavy (non-hydrogen) atoms. The van der Waals surface area contributed by atoms with Crippen LogP contribution in [-0.4, -0.2) is 30.8 Å². The Bertz CT molecular complexity index is 364. The number of para-hydroxylation sites is 2. The van der Waals surface area contributed by atoms with E-state index in [-0.39, 0.29) is 6.61 Å². The number of likely N-dealkylation sites (N-methyl/N-ethyl adjacent to an activating group) is 1. The van der Waals surface area contributed by atoms with Crippen molar-refractivity contribution >= 4 is 11.7 Å². The summed E-state index contributed by atoms with van der Waals surface area (Å²) >= 11 is 0. The lowest BCUT2D eigenvalue weighted by molar-refractivity contribution is -0.139. The van der Waals surface area contributed by atoms with E-state index < -0.39 is 12.0 Å². The summed E-state index contributed by atoms with van der Waals surface area (Å²) in [6, 6.07) is 6.83. The number of hydrogen-bond acceptors (Lipinski definition) is 3. The Morgan fingerprint density at radius 2 is 2.29 bits per heavy atom. The van der Waals surface area contributed by atoms with Crippen LogP contribution in [0.5, 0.6) is 5.75 Å². The normalized spacial score (nSPS) is 19.8. The first-order valence-corrected chi connectivity index (χ1v) is 4.37. The van der Waals surface area contributed by atoms with Crippen LogP contribution in [0.4, 0.5) is 5.69 Å². The number of rotatable bonds is 1. The summed E-state index contributed by atoms with van der Waals surface area (Å²) in [5.74, 6) is -0.116. The fourth-order valence-corrected chi connectivity index (χ4v) is 1.56. The van der Waals surface area contributed by atoms with E-state index in [1.165, 1.54) is 0 Å². The van der Waals surface area contributed by atoms with Gasteiger partial charge in [0, 0.05) is 7.05 Å². The predicted octanol–water partition coefficient (Wildman–Crippen LogP) is 0.968. The molecule has 1 aliphatic rings. The van der Waals surface area contributed by atoms with Crippen molar-refractivity contribution in [2.24, 2.45) is 0 Å². The first kappa shape index (κ1) is 8.87. The first-order chi connectivity index (χ1) is 6.70. The Hall–Kier alpha value is -1.71. The van der Waals surface area contributed by atoms with Gasteiger partial charge in [0.15, 0.2) is 6.04 Å². The molecule has 4 heteroatoms. The minimum atomic E-state index is -0.859. The Labute approximate surface area is 81.7 Å². The highest BCUT2D eigenvalue weighted by Crippen LogP contribution is 2.32. The minimum Gasteiger partial charge on any atom is -0.489 e. The molecule has 1 unspecified atom stereocenters. The number of fused-ring (bicyclic) bond motifs is 1. The summed E-state index contributed by atoms with van der Waals surface area (Å²) in [7, 11) is 1.76. The van der Waals surface area contributed by atoms with Crippen molar-refractivity contribution in [1.29, 1.82) is 0 Å². The van der Waals surface area contributed by atoms with Crippen molar-refractivity contribution in [2.45, 2.75) is 6.04 Å². The summed E-state index contributed by atoms with van der Waals surface area (Å²) < 4.78 is 5.35. The molecule has 1 aliphatic heterocycles. The number of aliphatic carboxylic acids is 1. The van der Waals surface area contributed by atoms with Crippen LogP contribution < -0.4 is 9.64 Å². The molecule has 0 amide bonds. The van der Waals surface area contributed by atoms with Crippen molar-refractivity contribution in [3.63, 3.8) is 0 Å². The Morgan fingerprint density at radius 3 is 3.00 bits per heavy atom. The highest BCUT2D eigenvalue weighted by molar-refractivity contribution is 5.80. The average molecular weight is 193 g/mol. The molecule has 0 saturated heterocycles. The third-order valence-electron chi connectivity index (χ3n) is 2.39. The van der Waals surface area contributed by atoms with E-state index in [9.17, 15) is 4.79 Å². The molecule has 1 atom stereocenters. The molecular formula is C10H11NO3. The lowest BCUT2D eigenvalue weighted by Gasteiger charge is -2.32. The van der Waals surface area contributed by atoms with Crippen LogP contribution in [0.1, 0.15) is 0 Å². The van der Waals surface area contributed by atoms with Gasteiger partial charge in [-0.2, -0.15) is 0 Å². The molecule has 0 spiro atoms. The van der Waals surface area contributed by atoms with Gasteiger partial charge in [-0.25, -0.2) is 4.79 Å². The molecule has 0 aliphatic carbocycles. The number of carboxylic acid groups (broad SMARTS) is 1. The molecule has 74 valence electrons. The van der Waals surface area contributed by atoms with Gasteiger partial charge >= 0.3 is 5.97 Å². The van der Waals surface area contributed by atoms with Crippen molar-refractivity contribution in [2.75, 3.05) is 18.6 Å². The maximum Gasteiger partial charge on any atom is 0.329 e. The second kappa shape index (κ2) is 3.21. The Morgan fingerprint density at radius 1 is 1.57 bits per heavy atom. The zero-order valence-electron chi connectivity index (χ0n) is 7.80. The average Bonchev–Trinajstić information content (AvgIpc) is 2.18. The summed E-state index contributed by atoms with van der Waals surface area (Å²) in [6.07, 6.45) is 0. The molecule has 1 N–H and O–H groups in total. The standard InChI is InChI=1S/C10H11NO3/c1-11-7-4-2-3-5-9(7)14-6-8(11)10(12)13/h2-5,8H,6H2,1H3,(H,12,13). The van der Waals surface area contributed by atoms with Crippen LogP contribution >= 0.6 is 0 Å². The van der Waals surface area contributed by atoms with Crippen LogP contribution in [0.25, 0.3) is 0 Å². The molecule has 1 aromatic rings. The predicted molar refractivity (Wildman–Crippen MR) is 51.8 cm³/mol. The van der Waals surface area contributed by atoms with Gasteiger partial charge in [0.1, 0.15) is 12.4 Å². The van der Waals surface area contributed by atoms with Gasteiger partial charge in [-0.15, -0.1) is 0 Å². The fourth-order valence-electron chi connectivity index (χ4n) is 1.56. The van der Waals surface area contributed by atoms with Crippen molar-refractivity contribution < 1.29 is 14.6 Å². The highest BCUT2D eigenvalue weighted by Gasteiger charge is 2.29. The molecule has 0 bridgehead atoms. The van der Waals surface area contributed by atoms with Gasteiger partial charge in [-0.3, -0.25) is 0 Å². The van der Waals surface area contributed by atoms with E-state index in [1.807, 2.05) is 24.3 Å². The molecule has 1 heterocycles. The van der Waals surface area contributed by atoms with Crippen LogP contribution in [0.2, 0.25) is 0 Å². The van der Waals surface area contributed by atoms with Crippen LogP contribution in [-0.2, 0) is 4.79 Å². The van der Waals surface area contributed by atoms with E-state index in [1.54, 1.807) is 11.9 Å². The van der Waals surface area contributed by atoms with Gasteiger partial charge in [0.2, 0.25) is 0 Å². The van der Waals surface area contributed by atoms with Crippen molar-refractivity contribution in [3.8, 4) is 5.75 Å². The topological polar surface area (TPSA) is 49.8 Å². The summed E-state index contributed by atoms with van der Waals surface area (Å²) in [4.78, 5) is 12.6. The molecule has 4 nitrogen and oxygen atoms in total. The summed E-state index contributed by atoms with van der Waals surface area (Å²) in [5, 5.41) is 8.91. The summed E-state index contributed by atoms with van der Waals surface area (Å²) in [5.41, 5.74) is 0.825. The SMILES string of the molecule is CN1c2ccccc2OCC1C(=O)O. The van der Waals surface area contributed by atoms with E-state index in [4.69, 9.17) is 9.84 Å². The van der Waals surface area contributed by atoms with Crippen molar-refractivity contribution in [3.05, 3.63) is 24.3 Å². The van der Waals surface area contributed by atoms with E-state index in [0.29, 0.717) is 0 Å². The number of ether oxygens (including phenoxy) is 1. The highest BCUT2D eigenvalue weighted by atomic mass is 16.5. The smallest absolute Gasteiger partial charge is 0.329 e. The zero-order valence-corrected chi connectivity index (χ0v) is 7.80. The van der Waals surface area contributed by atoms with Crippen LogP contribution in [0.15, 0.2) is 24.3 Å². The third-order valence-corrected chi connectivity index (χ3v) is 2.39. The van der Waals surface area contributed by atoms with Crippen molar-refractivity contribution in [1.82, 2.24) is 0 Å². The monoisotopic (exact) mass is 193 g/mol. The van der Waals surface area contributed by atoms with E-state index in [2.05, 4.69) is 0 Å². The van der Waals surface area contributed by atoms with E-state index >= 15 is 0 Å². The second-order valence-corrected chi connectivity index (χ2v) is 3.24. The first-order valence-electron chi connectivity index (χ1n) is 4.37. The minimum absolute atomic E-state index is 0.197. The molecule has 0 radical (unpaired) electrons. The lowest BCUT2D eigenvalue weighted by Crippen LogP contribution is -2.45. The number of carboxylic acids is 1. The van der Waals surface area contributed by atoms with Crippen LogP contribution in [0, 0.1) is 0 Å². The Kier molecular flexibility index (Phi) is 2.04. The van der Waals surface area contributed by atoms with Gasteiger partial charge in [0.05, 0.1) is 5.69 Å². The number of hydrogen-bond donors (Lipinski definition) is 1. The number of benzene rings is 1. The number of carbonyl (C=O) groups is 1. The molecule has 0 fully saturated rings. The molecule has 0 aromatic heterocycles. The molecule has 2 rings (SSSR count). The number of nitrogens with zero attached hydrogens (tertiary/aromatic N) is 1. The second-order valence-electron chi connectivity index (χ2n) is 3.24. The zero-order chi connectivity index (χ0) is 10.1. The lowest BCUT2D eigenvalue weighted by atomic mass is 10.2. The molecule has 1 aromatic carbocycles. The fraction of sp³-hybridized carbons (Fsp3) is 0.300. The molecule has 0 saturated carbocycles. The number of anilines is 1. The van der Waals surface area contributed by atoms with Gasteiger partial charge in [0.25, 0.3) is 0 Å². The maximum absolute atomic E-state index is 10.9. The largest absolute Gasteiger partial charge is 0.489 e. The van der Waals surface area contributed by atoms with Gasteiger partial charge in [-0.1, -0.05) is 12.1 Å².